The summed E-state index contributed by atoms with van der Waals surface area (Å²) in [7, 11) is 1.80. The van der Waals surface area contributed by atoms with Crippen molar-refractivity contribution in [2.24, 2.45) is 0 Å². The second-order valence-corrected chi connectivity index (χ2v) is 3.41. The lowest BCUT2D eigenvalue weighted by molar-refractivity contribution is 0.0698. The maximum atomic E-state index is 10.9. The highest BCUT2D eigenvalue weighted by Gasteiger charge is 2.10. The van der Waals surface area contributed by atoms with Crippen molar-refractivity contribution in [3.8, 4) is 6.07 Å². The second-order valence-electron chi connectivity index (χ2n) is 3.41. The Morgan fingerprint density at radius 1 is 1.62 bits per heavy atom. The number of rotatable bonds is 4. The standard InChI is InChI=1S/C11H13N3O2/c1-14(6-2-5-12)8-3-4-10(13)9(7-8)11(15)16/h3-4,7H,2,6,13H2,1H3,(H,15,16). The Morgan fingerprint density at radius 3 is 2.88 bits per heavy atom. The molecule has 1 aromatic rings. The van der Waals surface area contributed by atoms with Gasteiger partial charge >= 0.3 is 5.97 Å². The smallest absolute Gasteiger partial charge is 0.337 e. The zero-order valence-corrected chi connectivity index (χ0v) is 8.97. The Bertz CT molecular complexity index is 437. The van der Waals surface area contributed by atoms with Crippen molar-refractivity contribution < 1.29 is 9.90 Å². The molecule has 0 aliphatic rings. The molecule has 0 unspecified atom stereocenters. The Hall–Kier alpha value is -2.22. The van der Waals surface area contributed by atoms with E-state index in [0.717, 1.165) is 5.69 Å². The molecule has 0 spiro atoms. The van der Waals surface area contributed by atoms with Gasteiger partial charge in [-0.1, -0.05) is 0 Å². The van der Waals surface area contributed by atoms with Crippen molar-refractivity contribution in [2.45, 2.75) is 6.42 Å². The highest BCUT2D eigenvalue weighted by molar-refractivity contribution is 5.94. The summed E-state index contributed by atoms with van der Waals surface area (Å²) in [5.41, 5.74) is 6.60. The van der Waals surface area contributed by atoms with Gasteiger partial charge in [-0.05, 0) is 18.2 Å². The molecule has 1 rings (SSSR count). The molecule has 0 saturated carbocycles. The van der Waals surface area contributed by atoms with E-state index < -0.39 is 5.97 Å². The number of nitrogen functional groups attached to an aromatic ring is 1. The first kappa shape index (κ1) is 11.9. The zero-order valence-electron chi connectivity index (χ0n) is 8.97. The molecule has 0 atom stereocenters. The van der Waals surface area contributed by atoms with Gasteiger partial charge in [-0.2, -0.15) is 5.26 Å². The van der Waals surface area contributed by atoms with Crippen LogP contribution in [0.4, 0.5) is 11.4 Å². The first-order chi connectivity index (χ1) is 7.56. The molecule has 0 heterocycles. The predicted octanol–water partition coefficient (Wildman–Crippen LogP) is 1.32. The van der Waals surface area contributed by atoms with Crippen molar-refractivity contribution in [2.75, 3.05) is 24.2 Å². The van der Waals surface area contributed by atoms with Gasteiger partial charge in [0.15, 0.2) is 0 Å². The molecule has 0 radical (unpaired) electrons. The Balaban J connectivity index is 2.94. The van der Waals surface area contributed by atoms with Gasteiger partial charge in [0.1, 0.15) is 0 Å². The van der Waals surface area contributed by atoms with Gasteiger partial charge in [-0.25, -0.2) is 4.79 Å². The Labute approximate surface area is 93.7 Å². The molecule has 5 heteroatoms. The third kappa shape index (κ3) is 2.64. The maximum Gasteiger partial charge on any atom is 0.337 e. The summed E-state index contributed by atoms with van der Waals surface area (Å²) in [6.07, 6.45) is 0.392. The first-order valence-electron chi connectivity index (χ1n) is 4.77. The number of carboxylic acids is 1. The number of hydrogen-bond donors (Lipinski definition) is 2. The Kier molecular flexibility index (Phi) is 3.72. The predicted molar refractivity (Wildman–Crippen MR) is 61.3 cm³/mol. The Morgan fingerprint density at radius 2 is 2.31 bits per heavy atom. The van der Waals surface area contributed by atoms with Crippen molar-refractivity contribution in [1.29, 1.82) is 5.26 Å². The third-order valence-electron chi connectivity index (χ3n) is 2.27. The van der Waals surface area contributed by atoms with E-state index in [9.17, 15) is 4.79 Å². The maximum absolute atomic E-state index is 10.9. The van der Waals surface area contributed by atoms with E-state index in [1.54, 1.807) is 19.2 Å². The number of nitrogens with two attached hydrogens (primary N) is 1. The number of benzene rings is 1. The molecule has 0 saturated heterocycles. The molecular weight excluding hydrogens is 206 g/mol. The fourth-order valence-electron chi connectivity index (χ4n) is 1.31. The molecular formula is C11H13N3O2. The quantitative estimate of drug-likeness (QED) is 0.745. The number of nitriles is 1. The van der Waals surface area contributed by atoms with E-state index in [2.05, 4.69) is 0 Å². The van der Waals surface area contributed by atoms with Crippen molar-refractivity contribution >= 4 is 17.3 Å². The molecule has 0 bridgehead atoms. The van der Waals surface area contributed by atoms with E-state index >= 15 is 0 Å². The van der Waals surface area contributed by atoms with Crippen LogP contribution in [0.5, 0.6) is 0 Å². The van der Waals surface area contributed by atoms with Crippen molar-refractivity contribution in [1.82, 2.24) is 0 Å². The van der Waals surface area contributed by atoms with Gasteiger partial charge < -0.3 is 15.7 Å². The number of nitrogens with zero attached hydrogens (tertiary/aromatic N) is 2. The van der Waals surface area contributed by atoms with Crippen LogP contribution < -0.4 is 10.6 Å². The highest BCUT2D eigenvalue weighted by Crippen LogP contribution is 2.20. The minimum absolute atomic E-state index is 0.0845. The van der Waals surface area contributed by atoms with Gasteiger partial charge in [-0.15, -0.1) is 0 Å². The third-order valence-corrected chi connectivity index (χ3v) is 2.27. The summed E-state index contributed by atoms with van der Waals surface area (Å²) < 4.78 is 0. The van der Waals surface area contributed by atoms with E-state index in [-0.39, 0.29) is 11.3 Å². The average Bonchev–Trinajstić information content (AvgIpc) is 2.26. The van der Waals surface area contributed by atoms with E-state index in [1.807, 2.05) is 11.0 Å². The largest absolute Gasteiger partial charge is 0.478 e. The summed E-state index contributed by atoms with van der Waals surface area (Å²) >= 11 is 0. The lowest BCUT2D eigenvalue weighted by Crippen LogP contribution is -2.18. The fraction of sp³-hybridized carbons (Fsp3) is 0.273. The first-order valence-corrected chi connectivity index (χ1v) is 4.77. The van der Waals surface area contributed by atoms with E-state index in [1.165, 1.54) is 6.07 Å². The van der Waals surface area contributed by atoms with Crippen LogP contribution in [0.25, 0.3) is 0 Å². The molecule has 0 fully saturated rings. The molecule has 16 heavy (non-hydrogen) atoms. The van der Waals surface area contributed by atoms with Crippen molar-refractivity contribution in [3.05, 3.63) is 23.8 Å². The van der Waals surface area contributed by atoms with Gasteiger partial charge in [0, 0.05) is 25.0 Å². The van der Waals surface area contributed by atoms with Crippen LogP contribution in [0.15, 0.2) is 18.2 Å². The van der Waals surface area contributed by atoms with Crippen LogP contribution in [0, 0.1) is 11.3 Å². The molecule has 0 aromatic heterocycles. The van der Waals surface area contributed by atoms with Crippen LogP contribution >= 0.6 is 0 Å². The summed E-state index contributed by atoms with van der Waals surface area (Å²) in [6.45, 7) is 0.555. The number of carbonyl (C=O) groups is 1. The summed E-state index contributed by atoms with van der Waals surface area (Å²) in [5, 5.41) is 17.4. The van der Waals surface area contributed by atoms with Gasteiger partial charge in [0.25, 0.3) is 0 Å². The molecule has 0 aliphatic heterocycles. The molecule has 5 nitrogen and oxygen atoms in total. The van der Waals surface area contributed by atoms with Crippen LogP contribution in [0.3, 0.4) is 0 Å². The van der Waals surface area contributed by atoms with Gasteiger partial charge in [0.05, 0.1) is 18.1 Å². The second kappa shape index (κ2) is 5.03. The summed E-state index contributed by atoms with van der Waals surface area (Å²) in [6, 6.07) is 6.84. The van der Waals surface area contributed by atoms with Crippen LogP contribution in [-0.2, 0) is 0 Å². The molecule has 84 valence electrons. The monoisotopic (exact) mass is 219 g/mol. The summed E-state index contributed by atoms with van der Waals surface area (Å²) in [4.78, 5) is 12.7. The molecule has 0 aliphatic carbocycles. The lowest BCUT2D eigenvalue weighted by atomic mass is 10.1. The van der Waals surface area contributed by atoms with Crippen LogP contribution in [0.1, 0.15) is 16.8 Å². The number of aromatic carboxylic acids is 1. The SMILES string of the molecule is CN(CCC#N)c1ccc(N)c(C(=O)O)c1. The normalized spacial score (nSPS) is 9.50. The lowest BCUT2D eigenvalue weighted by Gasteiger charge is -2.18. The molecule has 3 N–H and O–H groups in total. The number of anilines is 2. The minimum atomic E-state index is -1.05. The van der Waals surface area contributed by atoms with Gasteiger partial charge in [0.2, 0.25) is 0 Å². The average molecular weight is 219 g/mol. The van der Waals surface area contributed by atoms with Crippen LogP contribution in [-0.4, -0.2) is 24.7 Å². The van der Waals surface area contributed by atoms with E-state index in [4.69, 9.17) is 16.1 Å². The summed E-state index contributed by atoms with van der Waals surface area (Å²) in [5.74, 6) is -1.05. The van der Waals surface area contributed by atoms with Crippen molar-refractivity contribution in [3.63, 3.8) is 0 Å². The molecule has 1 aromatic carbocycles. The minimum Gasteiger partial charge on any atom is -0.478 e. The molecule has 0 amide bonds. The fourth-order valence-corrected chi connectivity index (χ4v) is 1.31. The van der Waals surface area contributed by atoms with Gasteiger partial charge in [-0.3, -0.25) is 0 Å². The topological polar surface area (TPSA) is 90.4 Å². The van der Waals surface area contributed by atoms with E-state index in [0.29, 0.717) is 13.0 Å². The zero-order chi connectivity index (χ0) is 12.1. The van der Waals surface area contributed by atoms with Crippen LogP contribution in [0.2, 0.25) is 0 Å². The number of carboxylic acid groups (broad SMARTS) is 1. The number of hydrogen-bond acceptors (Lipinski definition) is 4. The highest BCUT2D eigenvalue weighted by atomic mass is 16.4.